The Labute approximate surface area is 88.4 Å². The van der Waals surface area contributed by atoms with Crippen LogP contribution in [0.1, 0.15) is 31.3 Å². The number of carbonyl (C=O) groups is 1. The highest BCUT2D eigenvalue weighted by Crippen LogP contribution is 2.16. The van der Waals surface area contributed by atoms with Crippen molar-refractivity contribution in [3.05, 3.63) is 5.69 Å². The van der Waals surface area contributed by atoms with E-state index in [1.54, 1.807) is 11.9 Å². The van der Waals surface area contributed by atoms with Crippen LogP contribution in [0.2, 0.25) is 0 Å². The molecule has 0 spiro atoms. The van der Waals surface area contributed by atoms with E-state index in [0.29, 0.717) is 6.54 Å². The van der Waals surface area contributed by atoms with E-state index < -0.39 is 0 Å². The normalized spacial score (nSPS) is 11.5. The number of anilines is 1. The number of carbonyl (C=O) groups excluding carboxylic acids is 1. The molecule has 1 aromatic rings. The van der Waals surface area contributed by atoms with Gasteiger partial charge in [0.05, 0.1) is 0 Å². The Hall–Kier alpha value is -1.59. The lowest BCUT2D eigenvalue weighted by Gasteiger charge is -2.25. The quantitative estimate of drug-likeness (QED) is 0.782. The van der Waals surface area contributed by atoms with Crippen molar-refractivity contribution in [2.45, 2.75) is 20.8 Å². The van der Waals surface area contributed by atoms with Gasteiger partial charge in [0.15, 0.2) is 0 Å². The van der Waals surface area contributed by atoms with Crippen LogP contribution >= 0.6 is 0 Å². The summed E-state index contributed by atoms with van der Waals surface area (Å²) in [6.07, 6.45) is 0. The summed E-state index contributed by atoms with van der Waals surface area (Å²) in [6.45, 7) is 6.74. The summed E-state index contributed by atoms with van der Waals surface area (Å²) in [5.41, 5.74) is 5.52. The number of hydrogen-bond donors (Lipinski definition) is 1. The molecule has 0 atom stereocenters. The molecule has 2 N–H and O–H groups in total. The third-order valence-electron chi connectivity index (χ3n) is 1.77. The number of nitrogen functional groups attached to an aromatic ring is 1. The topological polar surface area (TPSA) is 85.2 Å². The third-order valence-corrected chi connectivity index (χ3v) is 1.77. The van der Waals surface area contributed by atoms with Crippen molar-refractivity contribution in [3.63, 3.8) is 0 Å². The minimum Gasteiger partial charge on any atom is -0.379 e. The van der Waals surface area contributed by atoms with Crippen LogP contribution in [-0.2, 0) is 0 Å². The van der Waals surface area contributed by atoms with Gasteiger partial charge in [-0.25, -0.2) is 4.63 Å². The van der Waals surface area contributed by atoms with Crippen molar-refractivity contribution < 1.29 is 9.42 Å². The molecule has 0 saturated heterocycles. The van der Waals surface area contributed by atoms with Gasteiger partial charge in [-0.3, -0.25) is 4.79 Å². The molecule has 1 amide bonds. The number of aromatic nitrogens is 2. The van der Waals surface area contributed by atoms with E-state index in [4.69, 9.17) is 5.73 Å². The number of nitrogens with two attached hydrogens (primary N) is 1. The maximum Gasteiger partial charge on any atom is 0.279 e. The highest BCUT2D eigenvalue weighted by atomic mass is 16.6. The summed E-state index contributed by atoms with van der Waals surface area (Å²) in [5.74, 6) is -0.246. The highest BCUT2D eigenvalue weighted by Gasteiger charge is 2.23. The molecule has 1 rings (SSSR count). The van der Waals surface area contributed by atoms with Crippen LogP contribution in [0.4, 0.5) is 5.82 Å². The fourth-order valence-electron chi connectivity index (χ4n) is 1.31. The van der Waals surface area contributed by atoms with Crippen molar-refractivity contribution in [2.24, 2.45) is 5.41 Å². The molecule has 6 heteroatoms. The summed E-state index contributed by atoms with van der Waals surface area (Å²) in [5, 5.41) is 6.83. The van der Waals surface area contributed by atoms with Gasteiger partial charge in [0.1, 0.15) is 0 Å². The average molecular weight is 212 g/mol. The Kier molecular flexibility index (Phi) is 2.97. The number of amides is 1. The highest BCUT2D eigenvalue weighted by molar-refractivity contribution is 5.95. The second kappa shape index (κ2) is 3.88. The standard InChI is InChI=1S/C9H16N4O2/c1-9(2,3)5-13(4)8(14)6-7(10)12-15-11-6/h5H2,1-4H3,(H2,10,12). The molecule has 0 unspecified atom stereocenters. The van der Waals surface area contributed by atoms with Crippen LogP contribution in [-0.4, -0.2) is 34.7 Å². The smallest absolute Gasteiger partial charge is 0.279 e. The molecule has 0 radical (unpaired) electrons. The largest absolute Gasteiger partial charge is 0.379 e. The van der Waals surface area contributed by atoms with Gasteiger partial charge in [0, 0.05) is 13.6 Å². The first-order chi connectivity index (χ1) is 6.81. The minimum absolute atomic E-state index is 0.0241. The second-order valence-corrected chi connectivity index (χ2v) is 4.72. The summed E-state index contributed by atoms with van der Waals surface area (Å²) >= 11 is 0. The fourth-order valence-corrected chi connectivity index (χ4v) is 1.31. The predicted octanol–water partition coefficient (Wildman–Crippen LogP) is 0.770. The van der Waals surface area contributed by atoms with E-state index in [0.717, 1.165) is 0 Å². The SMILES string of the molecule is CN(CC(C)(C)C)C(=O)c1nonc1N. The van der Waals surface area contributed by atoms with Gasteiger partial charge < -0.3 is 10.6 Å². The first-order valence-corrected chi connectivity index (χ1v) is 4.65. The zero-order valence-electron chi connectivity index (χ0n) is 9.44. The van der Waals surface area contributed by atoms with Gasteiger partial charge in [-0.1, -0.05) is 20.8 Å². The zero-order valence-corrected chi connectivity index (χ0v) is 9.44. The van der Waals surface area contributed by atoms with E-state index in [1.807, 2.05) is 20.8 Å². The van der Waals surface area contributed by atoms with Gasteiger partial charge in [-0.2, -0.15) is 0 Å². The van der Waals surface area contributed by atoms with Gasteiger partial charge in [0.25, 0.3) is 5.91 Å². The Bertz CT molecular complexity index is 353. The zero-order chi connectivity index (χ0) is 11.6. The van der Waals surface area contributed by atoms with Gasteiger partial charge >= 0.3 is 0 Å². The maximum absolute atomic E-state index is 11.8. The van der Waals surface area contributed by atoms with E-state index in [2.05, 4.69) is 14.9 Å². The lowest BCUT2D eigenvalue weighted by Crippen LogP contribution is -2.35. The molecular formula is C9H16N4O2. The first-order valence-electron chi connectivity index (χ1n) is 4.65. The Morgan fingerprint density at radius 2 is 2.07 bits per heavy atom. The molecule has 0 aliphatic rings. The molecular weight excluding hydrogens is 196 g/mol. The lowest BCUT2D eigenvalue weighted by atomic mass is 9.96. The monoisotopic (exact) mass is 212 g/mol. The Morgan fingerprint density at radius 1 is 1.47 bits per heavy atom. The molecule has 0 bridgehead atoms. The van der Waals surface area contributed by atoms with Crippen LogP contribution in [0.5, 0.6) is 0 Å². The maximum atomic E-state index is 11.8. The average Bonchev–Trinajstić information content (AvgIpc) is 2.47. The van der Waals surface area contributed by atoms with Crippen LogP contribution < -0.4 is 5.73 Å². The number of hydrogen-bond acceptors (Lipinski definition) is 5. The van der Waals surface area contributed by atoms with Crippen molar-refractivity contribution in [1.29, 1.82) is 0 Å². The van der Waals surface area contributed by atoms with Crippen LogP contribution in [0.25, 0.3) is 0 Å². The summed E-state index contributed by atoms with van der Waals surface area (Å²) in [6, 6.07) is 0. The molecule has 0 fully saturated rings. The van der Waals surface area contributed by atoms with Gasteiger partial charge in [-0.05, 0) is 15.7 Å². The van der Waals surface area contributed by atoms with Crippen molar-refractivity contribution in [3.8, 4) is 0 Å². The number of nitrogens with zero attached hydrogens (tertiary/aromatic N) is 3. The molecule has 1 aromatic heterocycles. The fraction of sp³-hybridized carbons (Fsp3) is 0.667. The summed E-state index contributed by atoms with van der Waals surface area (Å²) < 4.78 is 4.37. The van der Waals surface area contributed by atoms with Crippen LogP contribution in [0.15, 0.2) is 4.63 Å². The van der Waals surface area contributed by atoms with Crippen LogP contribution in [0.3, 0.4) is 0 Å². The number of rotatable bonds is 2. The molecule has 0 saturated carbocycles. The van der Waals surface area contributed by atoms with E-state index in [9.17, 15) is 4.79 Å². The molecule has 0 aliphatic carbocycles. The predicted molar refractivity (Wildman–Crippen MR) is 55.1 cm³/mol. The molecule has 0 aromatic carbocycles. The van der Waals surface area contributed by atoms with E-state index in [-0.39, 0.29) is 22.8 Å². The van der Waals surface area contributed by atoms with Crippen LogP contribution in [0, 0.1) is 5.41 Å². The Balaban J connectivity index is 2.74. The van der Waals surface area contributed by atoms with Gasteiger partial charge in [-0.15, -0.1) is 0 Å². The second-order valence-electron chi connectivity index (χ2n) is 4.72. The Morgan fingerprint density at radius 3 is 2.47 bits per heavy atom. The molecule has 6 nitrogen and oxygen atoms in total. The van der Waals surface area contributed by atoms with Gasteiger partial charge in [0.2, 0.25) is 11.5 Å². The minimum atomic E-state index is -0.274. The molecule has 1 heterocycles. The summed E-state index contributed by atoms with van der Waals surface area (Å²) in [4.78, 5) is 13.3. The first kappa shape index (κ1) is 11.5. The third kappa shape index (κ3) is 2.93. The summed E-state index contributed by atoms with van der Waals surface area (Å²) in [7, 11) is 1.70. The van der Waals surface area contributed by atoms with Crippen molar-refractivity contribution >= 4 is 11.7 Å². The lowest BCUT2D eigenvalue weighted by molar-refractivity contribution is 0.0735. The molecule has 84 valence electrons. The van der Waals surface area contributed by atoms with E-state index in [1.165, 1.54) is 0 Å². The van der Waals surface area contributed by atoms with Crippen molar-refractivity contribution in [2.75, 3.05) is 19.3 Å². The van der Waals surface area contributed by atoms with Crippen molar-refractivity contribution in [1.82, 2.24) is 15.2 Å². The molecule has 0 aliphatic heterocycles. The molecule has 15 heavy (non-hydrogen) atoms. The van der Waals surface area contributed by atoms with E-state index >= 15 is 0 Å².